The van der Waals surface area contributed by atoms with Gasteiger partial charge in [0.05, 0.1) is 6.61 Å². The summed E-state index contributed by atoms with van der Waals surface area (Å²) in [4.78, 5) is 27.7. The molecule has 1 N–H and O–H groups in total. The number of likely N-dealkylation sites (N-methyl/N-ethyl adjacent to an activating group) is 1. The lowest BCUT2D eigenvalue weighted by Gasteiger charge is -2.18. The van der Waals surface area contributed by atoms with Gasteiger partial charge in [-0.15, -0.1) is 6.58 Å². The Labute approximate surface area is 191 Å². The number of carbonyl (C=O) groups is 2. The number of hydrogen-bond donors (Lipinski definition) is 1. The Kier molecular flexibility index (Phi) is 10.5. The van der Waals surface area contributed by atoms with E-state index < -0.39 is 0 Å². The van der Waals surface area contributed by atoms with Crippen molar-refractivity contribution in [3.8, 4) is 5.75 Å². The van der Waals surface area contributed by atoms with Crippen molar-refractivity contribution in [2.45, 2.75) is 32.6 Å². The van der Waals surface area contributed by atoms with Crippen LogP contribution in [0.15, 0.2) is 61.2 Å². The van der Waals surface area contributed by atoms with E-state index in [-0.39, 0.29) is 11.8 Å². The van der Waals surface area contributed by atoms with Crippen LogP contribution in [0.3, 0.4) is 0 Å². The van der Waals surface area contributed by atoms with Crippen LogP contribution in [0.1, 0.15) is 43.0 Å². The fourth-order valence-corrected chi connectivity index (χ4v) is 3.22. The third-order valence-corrected chi connectivity index (χ3v) is 5.22. The van der Waals surface area contributed by atoms with E-state index in [1.54, 1.807) is 31.3 Å². The van der Waals surface area contributed by atoms with Gasteiger partial charge in [0.15, 0.2) is 5.78 Å². The van der Waals surface area contributed by atoms with Gasteiger partial charge >= 0.3 is 6.03 Å². The van der Waals surface area contributed by atoms with Crippen molar-refractivity contribution in [1.82, 2.24) is 4.90 Å². The Balaban J connectivity index is 1.71. The first kappa shape index (κ1) is 25.1. The van der Waals surface area contributed by atoms with Crippen LogP contribution in [-0.4, -0.2) is 50.5 Å². The molecule has 0 heterocycles. The van der Waals surface area contributed by atoms with Gasteiger partial charge in [-0.1, -0.05) is 18.9 Å². The lowest BCUT2D eigenvalue weighted by molar-refractivity contribution is 0.101. The van der Waals surface area contributed by atoms with Crippen LogP contribution in [0.2, 0.25) is 0 Å². The maximum Gasteiger partial charge on any atom is 0.326 e. The summed E-state index contributed by atoms with van der Waals surface area (Å²) in [6.45, 7) is 7.99. The molecule has 0 fully saturated rings. The number of benzene rings is 2. The summed E-state index contributed by atoms with van der Waals surface area (Å²) in [6.07, 6.45) is 6.49. The number of anilines is 2. The molecule has 0 saturated heterocycles. The Bertz CT molecular complexity index is 863. The van der Waals surface area contributed by atoms with E-state index in [0.29, 0.717) is 17.9 Å². The molecule has 2 amide bonds. The van der Waals surface area contributed by atoms with Crippen LogP contribution in [-0.2, 0) is 0 Å². The van der Waals surface area contributed by atoms with E-state index in [1.807, 2.05) is 30.3 Å². The summed E-state index contributed by atoms with van der Waals surface area (Å²) < 4.78 is 5.82. The Morgan fingerprint density at radius 1 is 0.969 bits per heavy atom. The average Bonchev–Trinajstić information content (AvgIpc) is 2.79. The second-order valence-electron chi connectivity index (χ2n) is 7.93. The average molecular weight is 438 g/mol. The molecule has 0 atom stereocenters. The van der Waals surface area contributed by atoms with Crippen LogP contribution in [0.4, 0.5) is 16.2 Å². The van der Waals surface area contributed by atoms with Crippen LogP contribution in [0.5, 0.6) is 5.75 Å². The van der Waals surface area contributed by atoms with Gasteiger partial charge in [0, 0.05) is 30.5 Å². The minimum absolute atomic E-state index is 0.00520. The summed E-state index contributed by atoms with van der Waals surface area (Å²) in [7, 11) is 3.82. The maximum absolute atomic E-state index is 12.5. The van der Waals surface area contributed by atoms with Gasteiger partial charge in [-0.05, 0) is 81.9 Å². The number of hydrogen-bond acceptors (Lipinski definition) is 4. The minimum atomic E-state index is -0.257. The molecule has 172 valence electrons. The number of urea groups is 1. The number of nitrogens with one attached hydrogen (secondary N) is 1. The van der Waals surface area contributed by atoms with Crippen LogP contribution >= 0.6 is 0 Å². The highest BCUT2D eigenvalue weighted by atomic mass is 16.5. The number of nitrogens with zero attached hydrogens (tertiary/aromatic N) is 2. The van der Waals surface area contributed by atoms with E-state index in [0.717, 1.165) is 37.4 Å². The molecule has 0 aliphatic heterocycles. The van der Waals surface area contributed by atoms with Gasteiger partial charge in [-0.2, -0.15) is 0 Å². The van der Waals surface area contributed by atoms with Gasteiger partial charge in [0.1, 0.15) is 5.75 Å². The number of rotatable bonds is 13. The Morgan fingerprint density at radius 3 is 2.25 bits per heavy atom. The minimum Gasteiger partial charge on any atom is -0.494 e. The molecule has 0 aromatic heterocycles. The molecule has 0 unspecified atom stereocenters. The number of ether oxygens (including phenoxy) is 1. The smallest absolute Gasteiger partial charge is 0.326 e. The van der Waals surface area contributed by atoms with E-state index in [2.05, 4.69) is 23.8 Å². The van der Waals surface area contributed by atoms with Crippen molar-refractivity contribution < 1.29 is 14.3 Å². The monoisotopic (exact) mass is 437 g/mol. The van der Waals surface area contributed by atoms with E-state index in [1.165, 1.54) is 24.7 Å². The zero-order chi connectivity index (χ0) is 23.3. The number of unbranched alkanes of at least 4 members (excludes halogenated alkanes) is 3. The zero-order valence-corrected chi connectivity index (χ0v) is 19.5. The summed E-state index contributed by atoms with van der Waals surface area (Å²) in [5.41, 5.74) is 2.01. The highest BCUT2D eigenvalue weighted by molar-refractivity contribution is 6.01. The molecule has 0 aliphatic carbocycles. The maximum atomic E-state index is 12.5. The quantitative estimate of drug-likeness (QED) is 0.251. The normalized spacial score (nSPS) is 10.6. The van der Waals surface area contributed by atoms with E-state index >= 15 is 0 Å². The standard InChI is InChI=1S/C26H35N3O3/c1-5-18-28(3)19-8-6-7-9-20-32-25-16-14-24(15-17-25)29(4)26(31)27-23-12-10-22(11-13-23)21(2)30/h5,10-17H,1,6-9,18-20H2,2-4H3,(H,27,31). The zero-order valence-electron chi connectivity index (χ0n) is 19.5. The molecule has 0 radical (unpaired) electrons. The van der Waals surface area contributed by atoms with Gasteiger partial charge in [-0.25, -0.2) is 4.79 Å². The lowest BCUT2D eigenvalue weighted by atomic mass is 10.1. The van der Waals surface area contributed by atoms with Crippen molar-refractivity contribution >= 4 is 23.2 Å². The molecular formula is C26H35N3O3. The summed E-state index contributed by atoms with van der Waals surface area (Å²) >= 11 is 0. The molecular weight excluding hydrogens is 402 g/mol. The Morgan fingerprint density at radius 2 is 1.62 bits per heavy atom. The predicted molar refractivity (Wildman–Crippen MR) is 132 cm³/mol. The first-order valence-corrected chi connectivity index (χ1v) is 11.1. The molecule has 2 aromatic carbocycles. The molecule has 2 aromatic rings. The lowest BCUT2D eigenvalue weighted by Crippen LogP contribution is -2.31. The topological polar surface area (TPSA) is 61.9 Å². The van der Waals surface area contributed by atoms with Crippen molar-refractivity contribution in [2.75, 3.05) is 44.0 Å². The second kappa shape index (κ2) is 13.3. The highest BCUT2D eigenvalue weighted by Gasteiger charge is 2.11. The number of amides is 2. The van der Waals surface area contributed by atoms with Crippen LogP contribution < -0.4 is 15.0 Å². The summed E-state index contributed by atoms with van der Waals surface area (Å²) in [6, 6.07) is 14.1. The molecule has 0 spiro atoms. The largest absolute Gasteiger partial charge is 0.494 e. The van der Waals surface area contributed by atoms with Crippen molar-refractivity contribution in [3.05, 3.63) is 66.7 Å². The van der Waals surface area contributed by atoms with Gasteiger partial charge in [0.25, 0.3) is 0 Å². The number of Topliss-reactive ketones (excluding diaryl/α,β-unsaturated/α-hetero) is 1. The van der Waals surface area contributed by atoms with Crippen molar-refractivity contribution in [2.24, 2.45) is 0 Å². The molecule has 0 bridgehead atoms. The van der Waals surface area contributed by atoms with Gasteiger partial charge in [0.2, 0.25) is 0 Å². The third kappa shape index (κ3) is 8.55. The van der Waals surface area contributed by atoms with Crippen LogP contribution in [0, 0.1) is 0 Å². The SMILES string of the molecule is C=CCN(C)CCCCCCOc1ccc(N(C)C(=O)Nc2ccc(C(C)=O)cc2)cc1. The van der Waals surface area contributed by atoms with E-state index in [9.17, 15) is 9.59 Å². The molecule has 32 heavy (non-hydrogen) atoms. The summed E-state index contributed by atoms with van der Waals surface area (Å²) in [5, 5.41) is 2.83. The highest BCUT2D eigenvalue weighted by Crippen LogP contribution is 2.20. The molecule has 0 aliphatic rings. The molecule has 2 rings (SSSR count). The van der Waals surface area contributed by atoms with Gasteiger partial charge < -0.3 is 15.0 Å². The molecule has 6 heteroatoms. The van der Waals surface area contributed by atoms with Crippen molar-refractivity contribution in [1.29, 1.82) is 0 Å². The fraction of sp³-hybridized carbons (Fsp3) is 0.385. The second-order valence-corrected chi connectivity index (χ2v) is 7.93. The summed E-state index contributed by atoms with van der Waals surface area (Å²) in [5.74, 6) is 0.794. The fourth-order valence-electron chi connectivity index (χ4n) is 3.22. The van der Waals surface area contributed by atoms with Gasteiger partial charge in [-0.3, -0.25) is 9.69 Å². The van der Waals surface area contributed by atoms with E-state index in [4.69, 9.17) is 4.74 Å². The predicted octanol–water partition coefficient (Wildman–Crippen LogP) is 5.61. The number of ketones is 1. The van der Waals surface area contributed by atoms with Crippen LogP contribution in [0.25, 0.3) is 0 Å². The first-order chi connectivity index (χ1) is 15.4. The van der Waals surface area contributed by atoms with Crippen molar-refractivity contribution in [3.63, 3.8) is 0 Å². The first-order valence-electron chi connectivity index (χ1n) is 11.1. The molecule has 6 nitrogen and oxygen atoms in total. The number of carbonyl (C=O) groups excluding carboxylic acids is 2. The Hall–Kier alpha value is -3.12. The third-order valence-electron chi connectivity index (χ3n) is 5.22. The molecule has 0 saturated carbocycles.